The summed E-state index contributed by atoms with van der Waals surface area (Å²) in [4.78, 5) is 22.2. The Labute approximate surface area is 197 Å². The first-order valence-electron chi connectivity index (χ1n) is 13.3. The summed E-state index contributed by atoms with van der Waals surface area (Å²) in [5.74, 6) is -0.754. The van der Waals surface area contributed by atoms with Gasteiger partial charge in [-0.15, -0.1) is 0 Å². The van der Waals surface area contributed by atoms with Gasteiger partial charge in [0.25, 0.3) is 0 Å². The third kappa shape index (κ3) is 26.5. The molecule has 0 aliphatic heterocycles. The molecule has 0 amide bonds. The zero-order valence-corrected chi connectivity index (χ0v) is 20.8. The van der Waals surface area contributed by atoms with Gasteiger partial charge in [-0.2, -0.15) is 0 Å². The summed E-state index contributed by atoms with van der Waals surface area (Å²) in [6, 6.07) is 0. The van der Waals surface area contributed by atoms with Crippen LogP contribution in [0.1, 0.15) is 135 Å². The van der Waals surface area contributed by atoms with Crippen LogP contribution < -0.4 is 0 Å². The number of ether oxygens (including phenoxy) is 1. The van der Waals surface area contributed by atoms with Crippen molar-refractivity contribution in [3.63, 3.8) is 0 Å². The highest BCUT2D eigenvalue weighted by atomic mass is 16.5. The molecule has 0 radical (unpaired) electrons. The minimum atomic E-state index is -0.702. The Hall–Kier alpha value is -1.58. The highest BCUT2D eigenvalue weighted by Gasteiger charge is 2.02. The number of hydrogen-bond acceptors (Lipinski definition) is 3. The Morgan fingerprint density at radius 3 is 1.72 bits per heavy atom. The number of esters is 1. The van der Waals surface area contributed by atoms with E-state index in [2.05, 4.69) is 31.2 Å². The maximum Gasteiger partial charge on any atom is 0.305 e. The lowest BCUT2D eigenvalue weighted by atomic mass is 10.1. The lowest BCUT2D eigenvalue weighted by molar-refractivity contribution is -0.144. The molecule has 0 aliphatic rings. The van der Waals surface area contributed by atoms with Gasteiger partial charge in [0.15, 0.2) is 0 Å². The monoisotopic (exact) mass is 450 g/mol. The summed E-state index contributed by atoms with van der Waals surface area (Å²) < 4.78 is 5.31. The molecule has 0 atom stereocenters. The number of carbonyl (C=O) groups is 2. The maximum atomic E-state index is 11.8. The van der Waals surface area contributed by atoms with Gasteiger partial charge in [0.1, 0.15) is 0 Å². The number of unbranched alkanes of at least 4 members (excludes halogenated alkanes) is 14. The number of hydrogen-bond donors (Lipinski definition) is 1. The van der Waals surface area contributed by atoms with Crippen LogP contribution in [-0.4, -0.2) is 23.7 Å². The first kappa shape index (κ1) is 30.4. The third-order valence-electron chi connectivity index (χ3n) is 5.63. The Balaban J connectivity index is 3.26. The molecule has 0 aliphatic carbocycles. The summed E-state index contributed by atoms with van der Waals surface area (Å²) in [7, 11) is 0. The molecular formula is C28H50O4. The SMILES string of the molecule is CCCCC/C=C\C/C=C\CCCCCCCC(=O)OCCCCCCCCCC(=O)O. The molecule has 0 aromatic carbocycles. The highest BCUT2D eigenvalue weighted by molar-refractivity contribution is 5.69. The van der Waals surface area contributed by atoms with Crippen molar-refractivity contribution in [2.75, 3.05) is 6.61 Å². The van der Waals surface area contributed by atoms with Gasteiger partial charge < -0.3 is 9.84 Å². The van der Waals surface area contributed by atoms with Crippen molar-refractivity contribution in [2.45, 2.75) is 135 Å². The highest BCUT2D eigenvalue weighted by Crippen LogP contribution is 2.10. The second-order valence-electron chi connectivity index (χ2n) is 8.82. The molecule has 186 valence electrons. The molecule has 0 aromatic heterocycles. The molecule has 0 heterocycles. The minimum Gasteiger partial charge on any atom is -0.481 e. The Morgan fingerprint density at radius 2 is 1.12 bits per heavy atom. The van der Waals surface area contributed by atoms with Gasteiger partial charge in [-0.3, -0.25) is 9.59 Å². The van der Waals surface area contributed by atoms with Crippen molar-refractivity contribution in [2.24, 2.45) is 0 Å². The summed E-state index contributed by atoms with van der Waals surface area (Å²) in [6.45, 7) is 2.78. The van der Waals surface area contributed by atoms with E-state index in [9.17, 15) is 9.59 Å². The molecule has 0 saturated carbocycles. The molecule has 4 heteroatoms. The van der Waals surface area contributed by atoms with Crippen LogP contribution in [0.15, 0.2) is 24.3 Å². The molecular weight excluding hydrogens is 400 g/mol. The molecule has 0 fully saturated rings. The predicted molar refractivity (Wildman–Crippen MR) is 135 cm³/mol. The van der Waals surface area contributed by atoms with E-state index in [0.717, 1.165) is 70.6 Å². The Kier molecular flexibility index (Phi) is 24.4. The number of carbonyl (C=O) groups excluding carboxylic acids is 1. The summed E-state index contributed by atoms with van der Waals surface area (Å²) in [5, 5.41) is 8.58. The van der Waals surface area contributed by atoms with E-state index in [-0.39, 0.29) is 12.4 Å². The van der Waals surface area contributed by atoms with E-state index >= 15 is 0 Å². The lowest BCUT2D eigenvalue weighted by Gasteiger charge is -2.05. The zero-order valence-electron chi connectivity index (χ0n) is 20.8. The summed E-state index contributed by atoms with van der Waals surface area (Å²) in [5.41, 5.74) is 0. The molecule has 0 spiro atoms. The number of allylic oxidation sites excluding steroid dienone is 4. The predicted octanol–water partition coefficient (Wildman–Crippen LogP) is 8.55. The van der Waals surface area contributed by atoms with Gasteiger partial charge in [0.05, 0.1) is 6.61 Å². The van der Waals surface area contributed by atoms with E-state index in [1.54, 1.807) is 0 Å². The topological polar surface area (TPSA) is 63.6 Å². The fourth-order valence-electron chi connectivity index (χ4n) is 3.60. The van der Waals surface area contributed by atoms with Crippen LogP contribution in [0.2, 0.25) is 0 Å². The summed E-state index contributed by atoms with van der Waals surface area (Å²) >= 11 is 0. The van der Waals surface area contributed by atoms with E-state index in [1.165, 1.54) is 44.9 Å². The third-order valence-corrected chi connectivity index (χ3v) is 5.63. The van der Waals surface area contributed by atoms with Crippen molar-refractivity contribution in [3.8, 4) is 0 Å². The van der Waals surface area contributed by atoms with Crippen molar-refractivity contribution >= 4 is 11.9 Å². The number of carboxylic acid groups (broad SMARTS) is 1. The van der Waals surface area contributed by atoms with Crippen molar-refractivity contribution < 1.29 is 19.4 Å². The van der Waals surface area contributed by atoms with Crippen molar-refractivity contribution in [3.05, 3.63) is 24.3 Å². The normalized spacial score (nSPS) is 11.5. The van der Waals surface area contributed by atoms with E-state index in [4.69, 9.17) is 9.84 Å². The van der Waals surface area contributed by atoms with E-state index in [1.807, 2.05) is 0 Å². The first-order valence-corrected chi connectivity index (χ1v) is 13.3. The fraction of sp³-hybridized carbons (Fsp3) is 0.786. The van der Waals surface area contributed by atoms with Gasteiger partial charge in [-0.05, 0) is 51.4 Å². The fourth-order valence-corrected chi connectivity index (χ4v) is 3.60. The second-order valence-corrected chi connectivity index (χ2v) is 8.82. The standard InChI is InChI=1S/C28H50O4/c1-2-3-4-5-6-7-8-9-10-11-12-13-16-19-22-25-28(31)32-26-23-20-17-14-15-18-21-24-27(29)30/h6-7,9-10H,2-5,8,11-26H2,1H3,(H,29,30)/b7-6-,10-9-. The van der Waals surface area contributed by atoms with Gasteiger partial charge in [0.2, 0.25) is 0 Å². The zero-order chi connectivity index (χ0) is 23.5. The van der Waals surface area contributed by atoms with Crippen molar-refractivity contribution in [1.82, 2.24) is 0 Å². The van der Waals surface area contributed by atoms with E-state index < -0.39 is 5.97 Å². The first-order chi connectivity index (χ1) is 15.7. The average molecular weight is 451 g/mol. The molecule has 0 aromatic rings. The lowest BCUT2D eigenvalue weighted by Crippen LogP contribution is -2.05. The largest absolute Gasteiger partial charge is 0.481 e. The van der Waals surface area contributed by atoms with E-state index in [0.29, 0.717) is 13.0 Å². The average Bonchev–Trinajstić information content (AvgIpc) is 2.77. The maximum absolute atomic E-state index is 11.8. The van der Waals surface area contributed by atoms with Crippen LogP contribution in [0.25, 0.3) is 0 Å². The van der Waals surface area contributed by atoms with Gasteiger partial charge >= 0.3 is 11.9 Å². The number of carboxylic acids is 1. The van der Waals surface area contributed by atoms with Gasteiger partial charge in [-0.1, -0.05) is 95.4 Å². The smallest absolute Gasteiger partial charge is 0.305 e. The molecule has 32 heavy (non-hydrogen) atoms. The summed E-state index contributed by atoms with van der Waals surface area (Å²) in [6.07, 6.45) is 30.2. The minimum absolute atomic E-state index is 0.0515. The molecule has 0 rings (SSSR count). The van der Waals surface area contributed by atoms with Crippen LogP contribution in [0, 0.1) is 0 Å². The molecule has 0 saturated heterocycles. The second kappa shape index (κ2) is 25.7. The Bertz CT molecular complexity index is 482. The van der Waals surface area contributed by atoms with Crippen LogP contribution >= 0.6 is 0 Å². The number of aliphatic carboxylic acids is 1. The van der Waals surface area contributed by atoms with Gasteiger partial charge in [-0.25, -0.2) is 0 Å². The Morgan fingerprint density at radius 1 is 0.625 bits per heavy atom. The van der Waals surface area contributed by atoms with Gasteiger partial charge in [0, 0.05) is 12.8 Å². The van der Waals surface area contributed by atoms with Crippen molar-refractivity contribution in [1.29, 1.82) is 0 Å². The van der Waals surface area contributed by atoms with Crippen LogP contribution in [0.4, 0.5) is 0 Å². The molecule has 0 unspecified atom stereocenters. The van der Waals surface area contributed by atoms with Crippen LogP contribution in [0.5, 0.6) is 0 Å². The van der Waals surface area contributed by atoms with Crippen LogP contribution in [-0.2, 0) is 14.3 Å². The quantitative estimate of drug-likeness (QED) is 0.0908. The van der Waals surface area contributed by atoms with Crippen LogP contribution in [0.3, 0.4) is 0 Å². The molecule has 0 bridgehead atoms. The number of rotatable bonds is 24. The molecule has 4 nitrogen and oxygen atoms in total. The molecule has 1 N–H and O–H groups in total.